The molecule has 0 spiro atoms. The molecule has 2 rings (SSSR count). The molecule has 18 heavy (non-hydrogen) atoms. The Balaban J connectivity index is 2.08. The van der Waals surface area contributed by atoms with Gasteiger partial charge in [0.25, 0.3) is 0 Å². The molecule has 0 bridgehead atoms. The van der Waals surface area contributed by atoms with Crippen LogP contribution in [0.3, 0.4) is 0 Å². The SMILES string of the molecule is CN(CC1CCCOC1)c1ncccc1C(N)=S. The van der Waals surface area contributed by atoms with Gasteiger partial charge in [-0.3, -0.25) is 0 Å². The summed E-state index contributed by atoms with van der Waals surface area (Å²) in [4.78, 5) is 6.90. The standard InChI is InChI=1S/C13H19N3OS/c1-16(8-10-4-3-7-17-9-10)13-11(12(14)18)5-2-6-15-13/h2,5-6,10H,3-4,7-9H2,1H3,(H2,14,18). The molecule has 0 aliphatic carbocycles. The lowest BCUT2D eigenvalue weighted by Gasteiger charge is -2.28. The van der Waals surface area contributed by atoms with Gasteiger partial charge in [-0.1, -0.05) is 12.2 Å². The van der Waals surface area contributed by atoms with E-state index in [1.165, 1.54) is 6.42 Å². The number of hydrogen-bond acceptors (Lipinski definition) is 4. The molecule has 0 radical (unpaired) electrons. The average Bonchev–Trinajstić information content (AvgIpc) is 2.40. The Labute approximate surface area is 113 Å². The molecule has 1 atom stereocenters. The van der Waals surface area contributed by atoms with Gasteiger partial charge < -0.3 is 15.4 Å². The zero-order chi connectivity index (χ0) is 13.0. The fourth-order valence-electron chi connectivity index (χ4n) is 2.32. The third-order valence-corrected chi connectivity index (χ3v) is 3.42. The number of nitrogens with two attached hydrogens (primary N) is 1. The molecular formula is C13H19N3OS. The molecule has 1 aromatic heterocycles. The van der Waals surface area contributed by atoms with Crippen LogP contribution in [0.25, 0.3) is 0 Å². The van der Waals surface area contributed by atoms with E-state index in [0.717, 1.165) is 37.6 Å². The Bertz CT molecular complexity index is 418. The summed E-state index contributed by atoms with van der Waals surface area (Å²) in [5.74, 6) is 1.42. The fraction of sp³-hybridized carbons (Fsp3) is 0.538. The number of anilines is 1. The first-order valence-corrected chi connectivity index (χ1v) is 6.63. The summed E-state index contributed by atoms with van der Waals surface area (Å²) in [5.41, 5.74) is 6.57. The number of hydrogen-bond donors (Lipinski definition) is 1. The number of ether oxygens (including phenoxy) is 1. The van der Waals surface area contributed by atoms with Gasteiger partial charge in [-0.15, -0.1) is 0 Å². The molecule has 0 aromatic carbocycles. The molecule has 5 heteroatoms. The summed E-state index contributed by atoms with van der Waals surface area (Å²) in [7, 11) is 2.03. The molecule has 1 aliphatic heterocycles. The van der Waals surface area contributed by atoms with Crippen molar-refractivity contribution >= 4 is 23.0 Å². The molecule has 1 fully saturated rings. The van der Waals surface area contributed by atoms with Gasteiger partial charge in [0.1, 0.15) is 10.8 Å². The van der Waals surface area contributed by atoms with E-state index in [2.05, 4.69) is 9.88 Å². The Morgan fingerprint density at radius 1 is 1.67 bits per heavy atom. The highest BCUT2D eigenvalue weighted by Gasteiger charge is 2.18. The molecule has 2 N–H and O–H groups in total. The van der Waals surface area contributed by atoms with Gasteiger partial charge >= 0.3 is 0 Å². The summed E-state index contributed by atoms with van der Waals surface area (Å²) in [6.07, 6.45) is 4.12. The van der Waals surface area contributed by atoms with E-state index in [1.54, 1.807) is 6.20 Å². The first-order valence-electron chi connectivity index (χ1n) is 6.22. The van der Waals surface area contributed by atoms with Crippen molar-refractivity contribution in [2.75, 3.05) is 31.7 Å². The minimum Gasteiger partial charge on any atom is -0.389 e. The van der Waals surface area contributed by atoms with Gasteiger partial charge in [-0.05, 0) is 30.9 Å². The van der Waals surface area contributed by atoms with Crippen LogP contribution in [0.5, 0.6) is 0 Å². The van der Waals surface area contributed by atoms with Gasteiger partial charge in [-0.2, -0.15) is 0 Å². The maximum absolute atomic E-state index is 5.73. The maximum Gasteiger partial charge on any atom is 0.138 e. The first-order chi connectivity index (χ1) is 8.68. The molecule has 0 saturated carbocycles. The van der Waals surface area contributed by atoms with E-state index in [1.807, 2.05) is 19.2 Å². The highest BCUT2D eigenvalue weighted by Crippen LogP contribution is 2.20. The quantitative estimate of drug-likeness (QED) is 0.838. The van der Waals surface area contributed by atoms with Crippen LogP contribution in [0.4, 0.5) is 5.82 Å². The number of rotatable bonds is 4. The number of nitrogens with zero attached hydrogens (tertiary/aromatic N) is 2. The lowest BCUT2D eigenvalue weighted by Crippen LogP contribution is -2.32. The Morgan fingerprint density at radius 3 is 3.17 bits per heavy atom. The van der Waals surface area contributed by atoms with E-state index in [0.29, 0.717) is 10.9 Å². The summed E-state index contributed by atoms with van der Waals surface area (Å²) >= 11 is 5.06. The highest BCUT2D eigenvalue weighted by molar-refractivity contribution is 7.80. The maximum atomic E-state index is 5.73. The van der Waals surface area contributed by atoms with Gasteiger partial charge in [-0.25, -0.2) is 4.98 Å². The van der Waals surface area contributed by atoms with Gasteiger partial charge in [0.05, 0.1) is 12.2 Å². The largest absolute Gasteiger partial charge is 0.389 e. The smallest absolute Gasteiger partial charge is 0.138 e. The van der Waals surface area contributed by atoms with Crippen molar-refractivity contribution in [2.24, 2.45) is 11.7 Å². The van der Waals surface area contributed by atoms with Gasteiger partial charge in [0, 0.05) is 26.4 Å². The lowest BCUT2D eigenvalue weighted by molar-refractivity contribution is 0.0576. The highest BCUT2D eigenvalue weighted by atomic mass is 32.1. The topological polar surface area (TPSA) is 51.4 Å². The van der Waals surface area contributed by atoms with Crippen LogP contribution in [0.15, 0.2) is 18.3 Å². The molecule has 1 unspecified atom stereocenters. The zero-order valence-electron chi connectivity index (χ0n) is 10.6. The second kappa shape index (κ2) is 6.11. The monoisotopic (exact) mass is 265 g/mol. The van der Waals surface area contributed by atoms with Crippen LogP contribution >= 0.6 is 12.2 Å². The Hall–Kier alpha value is -1.20. The van der Waals surface area contributed by atoms with Crippen molar-refractivity contribution in [3.63, 3.8) is 0 Å². The zero-order valence-corrected chi connectivity index (χ0v) is 11.4. The van der Waals surface area contributed by atoms with Crippen LogP contribution in [0.2, 0.25) is 0 Å². The minimum absolute atomic E-state index is 0.393. The predicted octanol–water partition coefficient (Wildman–Crippen LogP) is 1.58. The van der Waals surface area contributed by atoms with Crippen molar-refractivity contribution in [1.82, 2.24) is 4.98 Å². The predicted molar refractivity (Wildman–Crippen MR) is 76.9 cm³/mol. The van der Waals surface area contributed by atoms with E-state index in [4.69, 9.17) is 22.7 Å². The van der Waals surface area contributed by atoms with E-state index < -0.39 is 0 Å². The number of pyridine rings is 1. The van der Waals surface area contributed by atoms with Crippen molar-refractivity contribution < 1.29 is 4.74 Å². The van der Waals surface area contributed by atoms with Crippen LogP contribution in [0.1, 0.15) is 18.4 Å². The Kier molecular flexibility index (Phi) is 4.49. The van der Waals surface area contributed by atoms with Crippen LogP contribution in [-0.2, 0) is 4.74 Å². The van der Waals surface area contributed by atoms with Crippen LogP contribution in [-0.4, -0.2) is 36.8 Å². The molecular weight excluding hydrogens is 246 g/mol. The first kappa shape index (κ1) is 13.2. The third-order valence-electron chi connectivity index (χ3n) is 3.20. The minimum atomic E-state index is 0.393. The third kappa shape index (κ3) is 3.17. The normalized spacial score (nSPS) is 19.5. The van der Waals surface area contributed by atoms with Crippen molar-refractivity contribution in [1.29, 1.82) is 0 Å². The van der Waals surface area contributed by atoms with Crippen molar-refractivity contribution in [3.8, 4) is 0 Å². The second-order valence-corrected chi connectivity index (χ2v) is 5.14. The Morgan fingerprint density at radius 2 is 2.50 bits per heavy atom. The number of aromatic nitrogens is 1. The molecule has 0 amide bonds. The fourth-order valence-corrected chi connectivity index (χ4v) is 2.48. The molecule has 1 saturated heterocycles. The average molecular weight is 265 g/mol. The number of thiocarbonyl (C=S) groups is 1. The molecule has 98 valence electrons. The van der Waals surface area contributed by atoms with Gasteiger partial charge in [0.2, 0.25) is 0 Å². The van der Waals surface area contributed by atoms with Crippen molar-refractivity contribution in [2.45, 2.75) is 12.8 Å². The summed E-state index contributed by atoms with van der Waals surface area (Å²) in [6.45, 7) is 2.65. The van der Waals surface area contributed by atoms with Crippen molar-refractivity contribution in [3.05, 3.63) is 23.9 Å². The lowest BCUT2D eigenvalue weighted by atomic mass is 10.0. The van der Waals surface area contributed by atoms with Crippen LogP contribution in [0, 0.1) is 5.92 Å². The second-order valence-electron chi connectivity index (χ2n) is 4.70. The molecule has 2 heterocycles. The van der Waals surface area contributed by atoms with E-state index >= 15 is 0 Å². The molecule has 4 nitrogen and oxygen atoms in total. The van der Waals surface area contributed by atoms with Gasteiger partial charge in [0.15, 0.2) is 0 Å². The summed E-state index contributed by atoms with van der Waals surface area (Å²) < 4.78 is 5.50. The van der Waals surface area contributed by atoms with Crippen LogP contribution < -0.4 is 10.6 Å². The summed E-state index contributed by atoms with van der Waals surface area (Å²) in [5, 5.41) is 0. The molecule has 1 aromatic rings. The van der Waals surface area contributed by atoms with E-state index in [9.17, 15) is 0 Å². The summed E-state index contributed by atoms with van der Waals surface area (Å²) in [6, 6.07) is 3.77. The molecule has 1 aliphatic rings. The van der Waals surface area contributed by atoms with E-state index in [-0.39, 0.29) is 0 Å².